The zero-order chi connectivity index (χ0) is 15.7. The van der Waals surface area contributed by atoms with Crippen molar-refractivity contribution in [3.63, 3.8) is 0 Å². The fourth-order valence-electron chi connectivity index (χ4n) is 2.17. The number of H-pyrrole nitrogens is 1. The molecule has 9 heteroatoms. The maximum atomic E-state index is 12.0. The van der Waals surface area contributed by atoms with Gasteiger partial charge in [-0.1, -0.05) is 5.21 Å². The molecule has 2 N–H and O–H groups in total. The normalized spacial score (nSPS) is 12.9. The van der Waals surface area contributed by atoms with E-state index in [2.05, 4.69) is 48.6 Å². The predicted molar refractivity (Wildman–Crippen MR) is 84.9 cm³/mol. The number of hydrogen-bond donors (Lipinski definition) is 2. The third kappa shape index (κ3) is 2.95. The molecule has 3 aromatic heterocycles. The molecule has 3 aromatic rings. The van der Waals surface area contributed by atoms with Crippen molar-refractivity contribution >= 4 is 21.6 Å². The lowest BCUT2D eigenvalue weighted by atomic mass is 10.2. The van der Waals surface area contributed by atoms with E-state index in [-0.39, 0.29) is 5.56 Å². The molecule has 1 unspecified atom stereocenters. The molecule has 116 valence electrons. The minimum absolute atomic E-state index is 0.158. The van der Waals surface area contributed by atoms with E-state index in [9.17, 15) is 4.79 Å². The molecule has 1 atom stereocenters. The van der Waals surface area contributed by atoms with Gasteiger partial charge in [0.2, 0.25) is 0 Å². The SMILES string of the molecule is CNC(C)Cc1cn(Cc2cc(=O)n3[nH]cc(Br)c3n2)nn1. The standard InChI is InChI=1S/C13H16BrN7O/c1-8(15-2)3-10-7-20(19-18-10)6-9-4-12(22)21-13(17-9)11(14)5-16-21/h4-5,7-8,15-16H,3,6H2,1-2H3. The average Bonchev–Trinajstić information content (AvgIpc) is 3.07. The van der Waals surface area contributed by atoms with Crippen LogP contribution < -0.4 is 10.9 Å². The lowest BCUT2D eigenvalue weighted by Gasteiger charge is -2.05. The summed E-state index contributed by atoms with van der Waals surface area (Å²) in [5, 5.41) is 14.2. The van der Waals surface area contributed by atoms with Crippen molar-refractivity contribution in [1.82, 2.24) is 34.9 Å². The second kappa shape index (κ2) is 6.01. The van der Waals surface area contributed by atoms with Gasteiger partial charge in [-0.15, -0.1) is 5.10 Å². The summed E-state index contributed by atoms with van der Waals surface area (Å²) >= 11 is 3.36. The number of aromatic nitrogens is 6. The monoisotopic (exact) mass is 365 g/mol. The first-order valence-electron chi connectivity index (χ1n) is 6.88. The molecule has 0 aliphatic heterocycles. The van der Waals surface area contributed by atoms with Gasteiger partial charge < -0.3 is 5.32 Å². The number of nitrogens with one attached hydrogen (secondary N) is 2. The van der Waals surface area contributed by atoms with Gasteiger partial charge in [0, 0.05) is 30.9 Å². The summed E-state index contributed by atoms with van der Waals surface area (Å²) in [6.45, 7) is 2.49. The van der Waals surface area contributed by atoms with Gasteiger partial charge in [-0.2, -0.15) is 0 Å². The van der Waals surface area contributed by atoms with Crippen molar-refractivity contribution in [2.24, 2.45) is 0 Å². The summed E-state index contributed by atoms with van der Waals surface area (Å²) in [6.07, 6.45) is 4.36. The highest BCUT2D eigenvalue weighted by atomic mass is 79.9. The van der Waals surface area contributed by atoms with Crippen LogP contribution in [0.5, 0.6) is 0 Å². The minimum atomic E-state index is -0.158. The molecule has 0 fully saturated rings. The highest BCUT2D eigenvalue weighted by Crippen LogP contribution is 2.13. The molecule has 0 saturated carbocycles. The first kappa shape index (κ1) is 14.9. The van der Waals surface area contributed by atoms with Crippen LogP contribution in [0.2, 0.25) is 0 Å². The number of rotatable bonds is 5. The fraction of sp³-hybridized carbons (Fsp3) is 0.385. The topological polar surface area (TPSA) is 92.9 Å². The van der Waals surface area contributed by atoms with Crippen LogP contribution in [0.3, 0.4) is 0 Å². The van der Waals surface area contributed by atoms with Gasteiger partial charge in [0.25, 0.3) is 5.56 Å². The van der Waals surface area contributed by atoms with Crippen LogP contribution >= 0.6 is 15.9 Å². The Kier molecular flexibility index (Phi) is 4.08. The van der Waals surface area contributed by atoms with Crippen LogP contribution in [0.4, 0.5) is 0 Å². The van der Waals surface area contributed by atoms with E-state index in [1.807, 2.05) is 13.2 Å². The first-order valence-corrected chi connectivity index (χ1v) is 7.68. The summed E-state index contributed by atoms with van der Waals surface area (Å²) in [5.41, 5.74) is 1.95. The molecular formula is C13H16BrN7O. The Morgan fingerprint density at radius 1 is 1.45 bits per heavy atom. The van der Waals surface area contributed by atoms with E-state index < -0.39 is 0 Å². The lowest BCUT2D eigenvalue weighted by Crippen LogP contribution is -2.23. The van der Waals surface area contributed by atoms with Gasteiger partial charge in [0.1, 0.15) is 0 Å². The molecule has 0 radical (unpaired) electrons. The molecule has 0 amide bonds. The van der Waals surface area contributed by atoms with E-state index in [0.717, 1.165) is 16.6 Å². The molecule has 0 aliphatic rings. The average molecular weight is 366 g/mol. The molecule has 22 heavy (non-hydrogen) atoms. The van der Waals surface area contributed by atoms with Crippen molar-refractivity contribution in [2.45, 2.75) is 25.9 Å². The number of fused-ring (bicyclic) bond motifs is 1. The summed E-state index contributed by atoms with van der Waals surface area (Å²) in [4.78, 5) is 16.5. The zero-order valence-electron chi connectivity index (χ0n) is 12.2. The molecule has 0 saturated heterocycles. The molecule has 0 bridgehead atoms. The van der Waals surface area contributed by atoms with Crippen molar-refractivity contribution in [2.75, 3.05) is 7.05 Å². The van der Waals surface area contributed by atoms with E-state index in [1.165, 1.54) is 10.6 Å². The Balaban J connectivity index is 1.84. The number of hydrogen-bond acceptors (Lipinski definition) is 5. The van der Waals surface area contributed by atoms with Gasteiger partial charge in [-0.05, 0) is 29.9 Å². The van der Waals surface area contributed by atoms with Crippen LogP contribution in [-0.2, 0) is 13.0 Å². The predicted octanol–water partition coefficient (Wildman–Crippen LogP) is 0.575. The highest BCUT2D eigenvalue weighted by molar-refractivity contribution is 9.10. The van der Waals surface area contributed by atoms with Crippen molar-refractivity contribution in [3.8, 4) is 0 Å². The van der Waals surface area contributed by atoms with Crippen LogP contribution in [0, 0.1) is 0 Å². The second-order valence-electron chi connectivity index (χ2n) is 5.17. The van der Waals surface area contributed by atoms with E-state index >= 15 is 0 Å². The first-order chi connectivity index (χ1) is 10.6. The molecule has 3 rings (SSSR count). The number of nitrogens with zero attached hydrogens (tertiary/aromatic N) is 5. The van der Waals surface area contributed by atoms with E-state index in [4.69, 9.17) is 0 Å². The molecule has 8 nitrogen and oxygen atoms in total. The van der Waals surface area contributed by atoms with Crippen LogP contribution in [0.25, 0.3) is 5.65 Å². The lowest BCUT2D eigenvalue weighted by molar-refractivity contribution is 0.599. The Bertz CT molecular complexity index is 850. The molecule has 3 heterocycles. The number of aromatic amines is 1. The second-order valence-corrected chi connectivity index (χ2v) is 6.02. The number of likely N-dealkylation sites (N-methyl/N-ethyl adjacent to an activating group) is 1. The maximum absolute atomic E-state index is 12.0. The largest absolute Gasteiger partial charge is 0.317 e. The third-order valence-corrected chi connectivity index (χ3v) is 4.01. The minimum Gasteiger partial charge on any atom is -0.317 e. The summed E-state index contributed by atoms with van der Waals surface area (Å²) in [7, 11) is 1.91. The van der Waals surface area contributed by atoms with Gasteiger partial charge in [0.05, 0.1) is 22.4 Å². The van der Waals surface area contributed by atoms with E-state index in [0.29, 0.717) is 23.9 Å². The summed E-state index contributed by atoms with van der Waals surface area (Å²) < 4.78 is 3.82. The third-order valence-electron chi connectivity index (χ3n) is 3.42. The maximum Gasteiger partial charge on any atom is 0.272 e. The van der Waals surface area contributed by atoms with Crippen LogP contribution in [0.1, 0.15) is 18.3 Å². The van der Waals surface area contributed by atoms with Gasteiger partial charge in [-0.25, -0.2) is 14.2 Å². The van der Waals surface area contributed by atoms with Crippen molar-refractivity contribution in [1.29, 1.82) is 0 Å². The fourth-order valence-corrected chi connectivity index (χ4v) is 2.54. The van der Waals surface area contributed by atoms with Crippen molar-refractivity contribution in [3.05, 3.63) is 44.7 Å². The molecule has 0 aromatic carbocycles. The summed E-state index contributed by atoms with van der Waals surface area (Å²) in [6, 6.07) is 1.83. The highest BCUT2D eigenvalue weighted by Gasteiger charge is 2.09. The van der Waals surface area contributed by atoms with Gasteiger partial charge >= 0.3 is 0 Å². The zero-order valence-corrected chi connectivity index (χ0v) is 13.8. The Labute approximate surface area is 134 Å². The smallest absolute Gasteiger partial charge is 0.272 e. The van der Waals surface area contributed by atoms with Gasteiger partial charge in [-0.3, -0.25) is 9.89 Å². The quantitative estimate of drug-likeness (QED) is 0.689. The molecule has 0 aliphatic carbocycles. The van der Waals surface area contributed by atoms with Gasteiger partial charge in [0.15, 0.2) is 5.65 Å². The van der Waals surface area contributed by atoms with Crippen LogP contribution in [0.15, 0.2) is 27.7 Å². The molecule has 0 spiro atoms. The Morgan fingerprint density at radius 2 is 2.27 bits per heavy atom. The van der Waals surface area contributed by atoms with Crippen molar-refractivity contribution < 1.29 is 0 Å². The van der Waals surface area contributed by atoms with E-state index in [1.54, 1.807) is 10.9 Å². The van der Waals surface area contributed by atoms with Crippen LogP contribution in [-0.4, -0.2) is 42.7 Å². The molecular weight excluding hydrogens is 350 g/mol. The Morgan fingerprint density at radius 3 is 3.05 bits per heavy atom. The summed E-state index contributed by atoms with van der Waals surface area (Å²) in [5.74, 6) is 0. The number of halogens is 1. The Hall–Kier alpha value is -2.00.